The first-order valence-corrected chi connectivity index (χ1v) is 5.48. The molecule has 0 unspecified atom stereocenters. The number of amides is 1. The molecule has 0 bridgehead atoms. The molecular weight excluding hydrogens is 258 g/mol. The van der Waals surface area contributed by atoms with Crippen LogP contribution in [0.1, 0.15) is 10.4 Å². The summed E-state index contributed by atoms with van der Waals surface area (Å²) in [4.78, 5) is 21.9. The number of carbonyl (C=O) groups excluding carboxylic acids is 1. The van der Waals surface area contributed by atoms with Gasteiger partial charge in [-0.25, -0.2) is 0 Å². The number of nitrogen functional groups attached to an aromatic ring is 1. The number of nitrogens with two attached hydrogens (primary N) is 1. The standard InChI is InChI=1S/C9H7N5O3S/c10-7-2-1-5(14(16)17)3-6(7)9(15)12-8-4-11-13-18-8/h1-4H,10H2,(H,12,15). The molecule has 1 amide bonds. The molecule has 0 atom stereocenters. The van der Waals surface area contributed by atoms with Crippen LogP contribution in [0.3, 0.4) is 0 Å². The number of benzene rings is 1. The summed E-state index contributed by atoms with van der Waals surface area (Å²) in [6.07, 6.45) is 1.37. The van der Waals surface area contributed by atoms with Gasteiger partial charge in [0, 0.05) is 29.4 Å². The van der Waals surface area contributed by atoms with Crippen LogP contribution in [0.2, 0.25) is 0 Å². The van der Waals surface area contributed by atoms with Crippen LogP contribution in [0.25, 0.3) is 0 Å². The van der Waals surface area contributed by atoms with Gasteiger partial charge in [0.05, 0.1) is 16.7 Å². The van der Waals surface area contributed by atoms with Gasteiger partial charge in [0.15, 0.2) is 0 Å². The summed E-state index contributed by atoms with van der Waals surface area (Å²) >= 11 is 0.995. The number of nitrogens with zero attached hydrogens (tertiary/aromatic N) is 3. The Balaban J connectivity index is 2.29. The van der Waals surface area contributed by atoms with E-state index in [1.165, 1.54) is 18.3 Å². The normalized spacial score (nSPS) is 10.0. The van der Waals surface area contributed by atoms with Gasteiger partial charge < -0.3 is 11.1 Å². The van der Waals surface area contributed by atoms with Crippen molar-refractivity contribution in [3.8, 4) is 0 Å². The van der Waals surface area contributed by atoms with Crippen molar-refractivity contribution in [2.24, 2.45) is 0 Å². The molecule has 0 saturated heterocycles. The van der Waals surface area contributed by atoms with E-state index < -0.39 is 10.8 Å². The third-order valence-corrected chi connectivity index (χ3v) is 2.67. The Kier molecular flexibility index (Phi) is 3.15. The quantitative estimate of drug-likeness (QED) is 0.489. The van der Waals surface area contributed by atoms with Crippen molar-refractivity contribution in [3.05, 3.63) is 40.1 Å². The van der Waals surface area contributed by atoms with Gasteiger partial charge in [-0.15, -0.1) is 5.10 Å². The van der Waals surface area contributed by atoms with Crippen molar-refractivity contribution < 1.29 is 9.72 Å². The Bertz CT molecular complexity index is 598. The van der Waals surface area contributed by atoms with Gasteiger partial charge in [0.1, 0.15) is 5.00 Å². The van der Waals surface area contributed by atoms with Gasteiger partial charge in [-0.2, -0.15) is 0 Å². The third-order valence-electron chi connectivity index (χ3n) is 2.09. The predicted octanol–water partition coefficient (Wildman–Crippen LogP) is 1.28. The van der Waals surface area contributed by atoms with Gasteiger partial charge in [-0.1, -0.05) is 4.49 Å². The number of nitrogens with one attached hydrogen (secondary N) is 1. The van der Waals surface area contributed by atoms with E-state index in [-0.39, 0.29) is 16.9 Å². The minimum Gasteiger partial charge on any atom is -0.398 e. The lowest BCUT2D eigenvalue weighted by atomic mass is 10.1. The molecule has 0 spiro atoms. The zero-order valence-corrected chi connectivity index (χ0v) is 9.68. The number of nitro groups is 1. The number of carbonyl (C=O) groups is 1. The van der Waals surface area contributed by atoms with E-state index in [2.05, 4.69) is 14.9 Å². The van der Waals surface area contributed by atoms with Crippen LogP contribution in [-0.2, 0) is 0 Å². The van der Waals surface area contributed by atoms with E-state index in [0.717, 1.165) is 17.6 Å². The molecular formula is C9H7N5O3S. The second-order valence-electron chi connectivity index (χ2n) is 3.26. The summed E-state index contributed by atoms with van der Waals surface area (Å²) in [7, 11) is 0. The summed E-state index contributed by atoms with van der Waals surface area (Å²) in [5.74, 6) is -0.540. The molecule has 1 heterocycles. The molecule has 0 saturated carbocycles. The minimum absolute atomic E-state index is 0.0394. The van der Waals surface area contributed by atoms with E-state index in [9.17, 15) is 14.9 Å². The van der Waals surface area contributed by atoms with Crippen LogP contribution >= 0.6 is 11.5 Å². The number of non-ortho nitro benzene ring substituents is 1. The summed E-state index contributed by atoms with van der Waals surface area (Å²) < 4.78 is 3.57. The first-order chi connectivity index (χ1) is 8.58. The lowest BCUT2D eigenvalue weighted by Crippen LogP contribution is -2.13. The predicted molar refractivity (Wildman–Crippen MR) is 65.4 cm³/mol. The summed E-state index contributed by atoms with van der Waals surface area (Å²) in [6.45, 7) is 0. The molecule has 0 aliphatic heterocycles. The lowest BCUT2D eigenvalue weighted by molar-refractivity contribution is -0.384. The molecule has 3 N–H and O–H groups in total. The third kappa shape index (κ3) is 2.40. The highest BCUT2D eigenvalue weighted by molar-refractivity contribution is 7.10. The van der Waals surface area contributed by atoms with Crippen molar-refractivity contribution in [1.82, 2.24) is 9.59 Å². The highest BCUT2D eigenvalue weighted by Crippen LogP contribution is 2.21. The second-order valence-corrected chi connectivity index (χ2v) is 4.05. The smallest absolute Gasteiger partial charge is 0.270 e. The zero-order valence-electron chi connectivity index (χ0n) is 8.86. The molecule has 0 aliphatic carbocycles. The van der Waals surface area contributed by atoms with Crippen LogP contribution in [0.5, 0.6) is 0 Å². The monoisotopic (exact) mass is 265 g/mol. The molecule has 0 fully saturated rings. The molecule has 8 nitrogen and oxygen atoms in total. The number of nitro benzene ring substituents is 1. The Morgan fingerprint density at radius 1 is 1.50 bits per heavy atom. The Morgan fingerprint density at radius 3 is 2.89 bits per heavy atom. The highest BCUT2D eigenvalue weighted by atomic mass is 32.1. The van der Waals surface area contributed by atoms with Crippen molar-refractivity contribution in [2.75, 3.05) is 11.1 Å². The molecule has 2 aromatic rings. The highest BCUT2D eigenvalue weighted by Gasteiger charge is 2.15. The Morgan fingerprint density at radius 2 is 2.28 bits per heavy atom. The number of hydrogen-bond acceptors (Lipinski definition) is 7. The molecule has 0 aliphatic rings. The van der Waals surface area contributed by atoms with Gasteiger partial charge in [-0.3, -0.25) is 14.9 Å². The van der Waals surface area contributed by atoms with Crippen LogP contribution in [0.15, 0.2) is 24.4 Å². The largest absolute Gasteiger partial charge is 0.398 e. The van der Waals surface area contributed by atoms with E-state index in [4.69, 9.17) is 5.73 Å². The zero-order chi connectivity index (χ0) is 13.1. The maximum Gasteiger partial charge on any atom is 0.270 e. The van der Waals surface area contributed by atoms with Crippen LogP contribution in [0.4, 0.5) is 16.4 Å². The second kappa shape index (κ2) is 4.75. The average molecular weight is 265 g/mol. The fourth-order valence-electron chi connectivity index (χ4n) is 1.26. The van der Waals surface area contributed by atoms with Crippen molar-refractivity contribution >= 4 is 33.8 Å². The van der Waals surface area contributed by atoms with E-state index in [0.29, 0.717) is 5.00 Å². The number of aromatic nitrogens is 2. The first-order valence-electron chi connectivity index (χ1n) is 4.70. The van der Waals surface area contributed by atoms with E-state index in [1.54, 1.807) is 0 Å². The molecule has 0 radical (unpaired) electrons. The molecule has 2 rings (SSSR count). The molecule has 1 aromatic carbocycles. The summed E-state index contributed by atoms with van der Waals surface area (Å²) in [5.41, 5.74) is 5.61. The van der Waals surface area contributed by atoms with Crippen molar-refractivity contribution in [1.29, 1.82) is 0 Å². The van der Waals surface area contributed by atoms with Crippen LogP contribution in [-0.4, -0.2) is 20.4 Å². The Hall–Kier alpha value is -2.55. The lowest BCUT2D eigenvalue weighted by Gasteiger charge is -2.04. The minimum atomic E-state index is -0.593. The maximum absolute atomic E-state index is 11.8. The van der Waals surface area contributed by atoms with Crippen LogP contribution < -0.4 is 11.1 Å². The summed E-state index contributed by atoms with van der Waals surface area (Å²) in [5, 5.41) is 17.1. The fraction of sp³-hybridized carbons (Fsp3) is 0. The van der Waals surface area contributed by atoms with Crippen molar-refractivity contribution in [3.63, 3.8) is 0 Å². The van der Waals surface area contributed by atoms with Gasteiger partial charge >= 0.3 is 0 Å². The Labute approximate surface area is 105 Å². The average Bonchev–Trinajstić information content (AvgIpc) is 2.81. The molecule has 18 heavy (non-hydrogen) atoms. The molecule has 1 aromatic heterocycles. The van der Waals surface area contributed by atoms with Crippen LogP contribution in [0, 0.1) is 10.1 Å². The van der Waals surface area contributed by atoms with Crippen molar-refractivity contribution in [2.45, 2.75) is 0 Å². The number of hydrogen-bond donors (Lipinski definition) is 2. The topological polar surface area (TPSA) is 124 Å². The van der Waals surface area contributed by atoms with E-state index in [1.807, 2.05) is 0 Å². The maximum atomic E-state index is 11.8. The SMILES string of the molecule is Nc1ccc([N+](=O)[O-])cc1C(=O)Nc1cnns1. The molecule has 92 valence electrons. The first kappa shape index (κ1) is 11.9. The van der Waals surface area contributed by atoms with Gasteiger partial charge in [-0.05, 0) is 6.07 Å². The molecule has 9 heteroatoms. The summed E-state index contributed by atoms with van der Waals surface area (Å²) in [6, 6.07) is 3.68. The number of anilines is 2. The fourth-order valence-corrected chi connectivity index (χ4v) is 1.67. The van der Waals surface area contributed by atoms with Gasteiger partial charge in [0.25, 0.3) is 11.6 Å². The van der Waals surface area contributed by atoms with Gasteiger partial charge in [0.2, 0.25) is 0 Å². The van der Waals surface area contributed by atoms with E-state index >= 15 is 0 Å². The number of rotatable bonds is 3.